The van der Waals surface area contributed by atoms with E-state index in [-0.39, 0.29) is 0 Å². The van der Waals surface area contributed by atoms with Crippen molar-refractivity contribution in [1.82, 2.24) is 0 Å². The van der Waals surface area contributed by atoms with E-state index in [4.69, 9.17) is 0 Å². The van der Waals surface area contributed by atoms with Gasteiger partial charge in [0.15, 0.2) is 0 Å². The minimum absolute atomic E-state index is 0.390. The number of halogens is 11. The van der Waals surface area contributed by atoms with Crippen LogP contribution in [0.5, 0.6) is 0 Å². The SMILES string of the molecule is CC(C)(C)CC(C)(C(=O)OC1(F)C(F)(F)C(F)(F)C(F)(F)C(F)(F)C1(F)F)C(C)(C)C. The summed E-state index contributed by atoms with van der Waals surface area (Å²) in [6, 6.07) is 0. The fourth-order valence-electron chi connectivity index (χ4n) is 3.27. The Morgan fingerprint density at radius 1 is 0.613 bits per heavy atom. The Labute approximate surface area is 171 Å². The Bertz CT molecular complexity index is 702. The summed E-state index contributed by atoms with van der Waals surface area (Å²) in [7, 11) is 0. The lowest BCUT2D eigenvalue weighted by Crippen LogP contribution is -2.84. The van der Waals surface area contributed by atoms with Gasteiger partial charge in [-0.2, -0.15) is 48.3 Å². The molecular formula is C18H23F11O2. The van der Waals surface area contributed by atoms with Crippen LogP contribution in [0.2, 0.25) is 0 Å². The standard InChI is InChI=1S/C18H23F11O2/c1-10(2,3)8-12(7,11(4,5)6)9(30)31-18(29)16(25,26)14(21,22)13(19,20)15(23,24)17(18,27)28/h8H2,1-7H3. The third kappa shape index (κ3) is 3.30. The zero-order valence-corrected chi connectivity index (χ0v) is 17.7. The van der Waals surface area contributed by atoms with Crippen molar-refractivity contribution in [2.45, 2.75) is 90.4 Å². The van der Waals surface area contributed by atoms with Crippen molar-refractivity contribution < 1.29 is 57.8 Å². The second-order valence-electron chi connectivity index (χ2n) is 10.2. The molecule has 0 aromatic carbocycles. The van der Waals surface area contributed by atoms with Gasteiger partial charge >= 0.3 is 41.4 Å². The predicted molar refractivity (Wildman–Crippen MR) is 86.3 cm³/mol. The first-order valence-electron chi connectivity index (χ1n) is 8.90. The monoisotopic (exact) mass is 480 g/mol. The molecule has 31 heavy (non-hydrogen) atoms. The van der Waals surface area contributed by atoms with E-state index in [1.165, 1.54) is 41.5 Å². The molecule has 0 aliphatic heterocycles. The van der Waals surface area contributed by atoms with Crippen molar-refractivity contribution in [3.05, 3.63) is 0 Å². The van der Waals surface area contributed by atoms with Crippen LogP contribution in [0.4, 0.5) is 48.3 Å². The molecule has 0 bridgehead atoms. The molecule has 0 saturated heterocycles. The highest BCUT2D eigenvalue weighted by molar-refractivity contribution is 5.78. The van der Waals surface area contributed by atoms with Gasteiger partial charge < -0.3 is 4.74 Å². The second-order valence-corrected chi connectivity index (χ2v) is 10.2. The summed E-state index contributed by atoms with van der Waals surface area (Å²) < 4.78 is 155. The minimum atomic E-state index is -7.37. The largest absolute Gasteiger partial charge is 0.416 e. The Balaban J connectivity index is 3.77. The maximum atomic E-state index is 14.8. The van der Waals surface area contributed by atoms with E-state index in [1.807, 2.05) is 0 Å². The summed E-state index contributed by atoms with van der Waals surface area (Å²) in [5, 5.41) is 0. The fourth-order valence-corrected chi connectivity index (χ4v) is 3.27. The van der Waals surface area contributed by atoms with Crippen LogP contribution < -0.4 is 0 Å². The predicted octanol–water partition coefficient (Wildman–Crippen LogP) is 6.87. The van der Waals surface area contributed by atoms with E-state index < -0.39 is 64.1 Å². The van der Waals surface area contributed by atoms with E-state index in [0.717, 1.165) is 6.92 Å². The molecule has 0 radical (unpaired) electrons. The molecule has 2 nitrogen and oxygen atoms in total. The highest BCUT2D eigenvalue weighted by Crippen LogP contribution is 2.70. The number of ether oxygens (including phenoxy) is 1. The van der Waals surface area contributed by atoms with E-state index in [0.29, 0.717) is 0 Å². The molecule has 0 spiro atoms. The van der Waals surface area contributed by atoms with Crippen molar-refractivity contribution in [3.8, 4) is 0 Å². The number of rotatable bonds is 3. The lowest BCUT2D eigenvalue weighted by atomic mass is 9.61. The summed E-state index contributed by atoms with van der Waals surface area (Å²) in [6.07, 6.45) is -0.390. The topological polar surface area (TPSA) is 26.3 Å². The normalized spacial score (nSPS) is 27.8. The first-order valence-corrected chi connectivity index (χ1v) is 8.90. The van der Waals surface area contributed by atoms with Gasteiger partial charge in [0.1, 0.15) is 0 Å². The Kier molecular flexibility index (Phi) is 5.92. The van der Waals surface area contributed by atoms with E-state index in [1.54, 1.807) is 0 Å². The number of hydrogen-bond acceptors (Lipinski definition) is 2. The maximum Gasteiger partial charge on any atom is 0.391 e. The summed E-state index contributed by atoms with van der Waals surface area (Å²) in [6.45, 7) is 9.19. The van der Waals surface area contributed by atoms with Crippen LogP contribution in [0.1, 0.15) is 54.9 Å². The van der Waals surface area contributed by atoms with Crippen LogP contribution in [0.15, 0.2) is 0 Å². The summed E-state index contributed by atoms with van der Waals surface area (Å²) in [5.74, 6) is -45.5. The first-order chi connectivity index (χ1) is 13.1. The number of carbonyl (C=O) groups excluding carboxylic acids is 1. The van der Waals surface area contributed by atoms with E-state index >= 15 is 0 Å². The van der Waals surface area contributed by atoms with Crippen LogP contribution in [-0.4, -0.2) is 41.4 Å². The zero-order chi connectivity index (χ0) is 25.5. The van der Waals surface area contributed by atoms with Gasteiger partial charge in [-0.05, 0) is 24.2 Å². The molecule has 1 fully saturated rings. The lowest BCUT2D eigenvalue weighted by Gasteiger charge is -2.52. The van der Waals surface area contributed by atoms with Crippen LogP contribution in [0, 0.1) is 16.2 Å². The average molecular weight is 480 g/mol. The number of alkyl halides is 11. The molecule has 13 heteroatoms. The second kappa shape index (κ2) is 6.61. The van der Waals surface area contributed by atoms with Crippen LogP contribution >= 0.6 is 0 Å². The minimum Gasteiger partial charge on any atom is -0.416 e. The van der Waals surface area contributed by atoms with Crippen LogP contribution in [-0.2, 0) is 9.53 Å². The average Bonchev–Trinajstić information content (AvgIpc) is 2.49. The van der Waals surface area contributed by atoms with Gasteiger partial charge in [-0.15, -0.1) is 0 Å². The molecule has 0 amide bonds. The third-order valence-electron chi connectivity index (χ3n) is 5.61. The molecule has 1 unspecified atom stereocenters. The van der Waals surface area contributed by atoms with Crippen molar-refractivity contribution in [2.24, 2.45) is 16.2 Å². The van der Waals surface area contributed by atoms with Gasteiger partial charge in [0, 0.05) is 0 Å². The van der Waals surface area contributed by atoms with Crippen LogP contribution in [0.25, 0.3) is 0 Å². The van der Waals surface area contributed by atoms with Crippen LogP contribution in [0.3, 0.4) is 0 Å². The fraction of sp³-hybridized carbons (Fsp3) is 0.944. The highest BCUT2D eigenvalue weighted by Gasteiger charge is 3.03. The smallest absolute Gasteiger partial charge is 0.391 e. The third-order valence-corrected chi connectivity index (χ3v) is 5.61. The molecular weight excluding hydrogens is 457 g/mol. The summed E-state index contributed by atoms with van der Waals surface area (Å²) in [5.41, 5.74) is -4.44. The number of carbonyl (C=O) groups is 1. The molecule has 1 aliphatic rings. The van der Waals surface area contributed by atoms with Gasteiger partial charge in [0.25, 0.3) is 0 Å². The Morgan fingerprint density at radius 3 is 1.16 bits per heavy atom. The lowest BCUT2D eigenvalue weighted by molar-refractivity contribution is -0.518. The van der Waals surface area contributed by atoms with Gasteiger partial charge in [-0.1, -0.05) is 41.5 Å². The van der Waals surface area contributed by atoms with Crippen molar-refractivity contribution in [2.75, 3.05) is 0 Å². The first kappa shape index (κ1) is 27.7. The molecule has 0 aromatic heterocycles. The zero-order valence-electron chi connectivity index (χ0n) is 17.7. The molecule has 1 saturated carbocycles. The molecule has 1 aliphatic carbocycles. The highest BCUT2D eigenvalue weighted by atomic mass is 19.4. The van der Waals surface area contributed by atoms with Gasteiger partial charge in [0.2, 0.25) is 0 Å². The maximum absolute atomic E-state index is 14.8. The molecule has 1 rings (SSSR count). The van der Waals surface area contributed by atoms with Gasteiger partial charge in [-0.25, -0.2) is 0 Å². The molecule has 0 heterocycles. The van der Waals surface area contributed by atoms with Crippen molar-refractivity contribution >= 4 is 5.97 Å². The Hall–Kier alpha value is -1.30. The molecule has 0 N–H and O–H groups in total. The number of esters is 1. The number of hydrogen-bond donors (Lipinski definition) is 0. The molecule has 0 aromatic rings. The van der Waals surface area contributed by atoms with Crippen molar-refractivity contribution in [1.29, 1.82) is 0 Å². The molecule has 184 valence electrons. The van der Waals surface area contributed by atoms with E-state index in [2.05, 4.69) is 4.74 Å². The van der Waals surface area contributed by atoms with Gasteiger partial charge in [0.05, 0.1) is 5.41 Å². The van der Waals surface area contributed by atoms with E-state index in [9.17, 15) is 53.1 Å². The molecule has 1 atom stereocenters. The van der Waals surface area contributed by atoms with Crippen molar-refractivity contribution in [3.63, 3.8) is 0 Å². The van der Waals surface area contributed by atoms with Gasteiger partial charge in [-0.3, -0.25) is 4.79 Å². The summed E-state index contributed by atoms with van der Waals surface area (Å²) in [4.78, 5) is 12.6. The Morgan fingerprint density at radius 2 is 0.903 bits per heavy atom. The summed E-state index contributed by atoms with van der Waals surface area (Å²) >= 11 is 0. The quantitative estimate of drug-likeness (QED) is 0.325.